The molecule has 140 valence electrons. The largest absolute Gasteiger partial charge is 0.338 e. The Morgan fingerprint density at radius 2 is 2.27 bits per heavy atom. The van der Waals surface area contributed by atoms with Crippen LogP contribution in [0, 0.1) is 5.92 Å². The van der Waals surface area contributed by atoms with E-state index >= 15 is 0 Å². The number of nitrogens with zero attached hydrogens (tertiary/aromatic N) is 3. The Balaban J connectivity index is 1.30. The first-order valence-corrected chi connectivity index (χ1v) is 9.82. The van der Waals surface area contributed by atoms with Crippen LogP contribution >= 0.6 is 11.3 Å². The van der Waals surface area contributed by atoms with Gasteiger partial charge in [-0.2, -0.15) is 5.10 Å². The van der Waals surface area contributed by atoms with E-state index in [1.165, 1.54) is 10.4 Å². The summed E-state index contributed by atoms with van der Waals surface area (Å²) in [7, 11) is 0. The van der Waals surface area contributed by atoms with Gasteiger partial charge >= 0.3 is 6.03 Å². The fourth-order valence-electron chi connectivity index (χ4n) is 3.02. The van der Waals surface area contributed by atoms with Crippen molar-refractivity contribution in [1.82, 2.24) is 25.3 Å². The van der Waals surface area contributed by atoms with Crippen LogP contribution in [0.15, 0.2) is 29.9 Å². The number of carbonyl (C=O) groups excluding carboxylic acids is 2. The molecule has 2 N–H and O–H groups in total. The van der Waals surface area contributed by atoms with Crippen molar-refractivity contribution in [3.63, 3.8) is 0 Å². The van der Waals surface area contributed by atoms with Gasteiger partial charge in [-0.3, -0.25) is 9.48 Å². The summed E-state index contributed by atoms with van der Waals surface area (Å²) in [4.78, 5) is 27.4. The third-order valence-electron chi connectivity index (χ3n) is 4.45. The van der Waals surface area contributed by atoms with Gasteiger partial charge in [-0.25, -0.2) is 4.79 Å². The van der Waals surface area contributed by atoms with Crippen molar-refractivity contribution in [3.05, 3.63) is 40.3 Å². The van der Waals surface area contributed by atoms with Crippen molar-refractivity contribution >= 4 is 23.3 Å². The highest BCUT2D eigenvalue weighted by Crippen LogP contribution is 2.24. The van der Waals surface area contributed by atoms with Crippen LogP contribution in [0.2, 0.25) is 0 Å². The van der Waals surface area contributed by atoms with E-state index in [0.29, 0.717) is 26.1 Å². The van der Waals surface area contributed by atoms with Crippen molar-refractivity contribution in [2.45, 2.75) is 32.9 Å². The normalized spacial score (nSPS) is 14.6. The van der Waals surface area contributed by atoms with Crippen LogP contribution < -0.4 is 10.6 Å². The van der Waals surface area contributed by atoms with Crippen molar-refractivity contribution in [1.29, 1.82) is 0 Å². The van der Waals surface area contributed by atoms with Gasteiger partial charge in [0.15, 0.2) is 0 Å². The summed E-state index contributed by atoms with van der Waals surface area (Å²) >= 11 is 1.76. The molecule has 0 radical (unpaired) electrons. The highest BCUT2D eigenvalue weighted by atomic mass is 32.1. The van der Waals surface area contributed by atoms with E-state index in [-0.39, 0.29) is 17.9 Å². The lowest BCUT2D eigenvalue weighted by Crippen LogP contribution is -2.41. The highest BCUT2D eigenvalue weighted by molar-refractivity contribution is 7.10. The minimum atomic E-state index is -0.233. The first kappa shape index (κ1) is 18.4. The summed E-state index contributed by atoms with van der Waals surface area (Å²) < 4.78 is 1.85. The van der Waals surface area contributed by atoms with Crippen LogP contribution in [0.1, 0.15) is 23.8 Å². The van der Waals surface area contributed by atoms with Gasteiger partial charge in [0, 0.05) is 56.4 Å². The third-order valence-corrected chi connectivity index (χ3v) is 5.48. The van der Waals surface area contributed by atoms with Gasteiger partial charge in [-0.1, -0.05) is 6.92 Å². The lowest BCUT2D eigenvalue weighted by Gasteiger charge is -2.27. The molecule has 0 fully saturated rings. The summed E-state index contributed by atoms with van der Waals surface area (Å²) in [5.41, 5.74) is 1.26. The summed E-state index contributed by atoms with van der Waals surface area (Å²) in [5, 5.41) is 11.8. The standard InChI is InChI=1S/C18H25N5O2S/c1-14(12-23-8-2-6-21-23)11-20-18(25)19-7-3-17(24)22-9-4-16-15(13-22)5-10-26-16/h2,5-6,8,10,14H,3-4,7,9,11-13H2,1H3,(H2,19,20,25). The van der Waals surface area contributed by atoms with Crippen LogP contribution in [0.25, 0.3) is 0 Å². The fraction of sp³-hybridized carbons (Fsp3) is 0.500. The topological polar surface area (TPSA) is 79.3 Å². The van der Waals surface area contributed by atoms with Crippen molar-refractivity contribution in [2.75, 3.05) is 19.6 Å². The van der Waals surface area contributed by atoms with E-state index in [4.69, 9.17) is 0 Å². The molecule has 7 nitrogen and oxygen atoms in total. The molecule has 3 rings (SSSR count). The lowest BCUT2D eigenvalue weighted by molar-refractivity contribution is -0.131. The van der Waals surface area contributed by atoms with Gasteiger partial charge in [0.25, 0.3) is 0 Å². The summed E-state index contributed by atoms with van der Waals surface area (Å²) in [6.07, 6.45) is 4.91. The molecular weight excluding hydrogens is 350 g/mol. The van der Waals surface area contributed by atoms with Gasteiger partial charge in [-0.15, -0.1) is 11.3 Å². The highest BCUT2D eigenvalue weighted by Gasteiger charge is 2.21. The predicted octanol–water partition coefficient (Wildman–Crippen LogP) is 1.85. The molecule has 1 unspecified atom stereocenters. The Hall–Kier alpha value is -2.35. The zero-order valence-corrected chi connectivity index (χ0v) is 15.8. The number of hydrogen-bond acceptors (Lipinski definition) is 4. The maximum atomic E-state index is 12.3. The molecule has 0 aromatic carbocycles. The number of aromatic nitrogens is 2. The Morgan fingerprint density at radius 1 is 1.38 bits per heavy atom. The molecule has 2 aromatic rings. The Morgan fingerprint density at radius 3 is 3.08 bits per heavy atom. The van der Waals surface area contributed by atoms with Gasteiger partial charge in [0.1, 0.15) is 0 Å². The second-order valence-electron chi connectivity index (χ2n) is 6.65. The lowest BCUT2D eigenvalue weighted by atomic mass is 10.1. The molecule has 3 amide bonds. The van der Waals surface area contributed by atoms with Crippen LogP contribution in [-0.4, -0.2) is 46.3 Å². The van der Waals surface area contributed by atoms with Crippen molar-refractivity contribution < 1.29 is 9.59 Å². The summed E-state index contributed by atoms with van der Waals surface area (Å²) in [5.74, 6) is 0.365. The molecule has 1 aliphatic rings. The second kappa shape index (κ2) is 8.84. The summed E-state index contributed by atoms with van der Waals surface area (Å²) in [6, 6.07) is 3.74. The Bertz CT molecular complexity index is 728. The number of urea groups is 1. The number of nitrogens with one attached hydrogen (secondary N) is 2. The molecule has 0 saturated heterocycles. The molecule has 0 saturated carbocycles. The molecule has 2 aromatic heterocycles. The number of carbonyl (C=O) groups is 2. The third kappa shape index (κ3) is 5.08. The van der Waals surface area contributed by atoms with Crippen LogP contribution in [0.5, 0.6) is 0 Å². The van der Waals surface area contributed by atoms with Gasteiger partial charge in [0.2, 0.25) is 5.91 Å². The van der Waals surface area contributed by atoms with Gasteiger partial charge in [-0.05, 0) is 35.4 Å². The average Bonchev–Trinajstić information content (AvgIpc) is 3.30. The first-order chi connectivity index (χ1) is 12.6. The Labute approximate surface area is 157 Å². The van der Waals surface area contributed by atoms with E-state index in [1.54, 1.807) is 17.5 Å². The molecule has 0 bridgehead atoms. The van der Waals surface area contributed by atoms with Crippen molar-refractivity contribution in [2.24, 2.45) is 5.92 Å². The maximum Gasteiger partial charge on any atom is 0.314 e. The SMILES string of the molecule is CC(CNC(=O)NCCC(=O)N1CCc2sccc2C1)Cn1cccn1. The maximum absolute atomic E-state index is 12.3. The van der Waals surface area contributed by atoms with Gasteiger partial charge < -0.3 is 15.5 Å². The van der Waals surface area contributed by atoms with Crippen LogP contribution in [0.3, 0.4) is 0 Å². The number of hydrogen-bond donors (Lipinski definition) is 2. The zero-order chi connectivity index (χ0) is 18.4. The molecule has 8 heteroatoms. The zero-order valence-electron chi connectivity index (χ0n) is 15.0. The smallest absolute Gasteiger partial charge is 0.314 e. The van der Waals surface area contributed by atoms with E-state index in [0.717, 1.165) is 19.5 Å². The molecule has 1 aliphatic heterocycles. The van der Waals surface area contributed by atoms with E-state index < -0.39 is 0 Å². The van der Waals surface area contributed by atoms with E-state index in [2.05, 4.69) is 34.1 Å². The molecule has 0 spiro atoms. The van der Waals surface area contributed by atoms with E-state index in [9.17, 15) is 9.59 Å². The molecular formula is C18H25N5O2S. The fourth-order valence-corrected chi connectivity index (χ4v) is 3.91. The minimum Gasteiger partial charge on any atom is -0.338 e. The van der Waals surface area contributed by atoms with Crippen LogP contribution in [-0.2, 0) is 24.3 Å². The summed E-state index contributed by atoms with van der Waals surface area (Å²) in [6.45, 7) is 5.18. The number of amides is 3. The molecule has 0 aliphatic carbocycles. The predicted molar refractivity (Wildman–Crippen MR) is 101 cm³/mol. The quantitative estimate of drug-likeness (QED) is 0.775. The number of fused-ring (bicyclic) bond motifs is 1. The van der Waals surface area contributed by atoms with E-state index in [1.807, 2.05) is 21.8 Å². The minimum absolute atomic E-state index is 0.0919. The Kier molecular flexibility index (Phi) is 6.27. The number of thiophene rings is 1. The number of rotatable bonds is 7. The molecule has 3 heterocycles. The second-order valence-corrected chi connectivity index (χ2v) is 7.66. The molecule has 1 atom stereocenters. The average molecular weight is 375 g/mol. The molecule has 26 heavy (non-hydrogen) atoms. The van der Waals surface area contributed by atoms with Crippen LogP contribution in [0.4, 0.5) is 4.79 Å². The monoisotopic (exact) mass is 375 g/mol. The van der Waals surface area contributed by atoms with Gasteiger partial charge in [0.05, 0.1) is 0 Å². The first-order valence-electron chi connectivity index (χ1n) is 8.94. The van der Waals surface area contributed by atoms with Crippen molar-refractivity contribution in [3.8, 4) is 0 Å².